The molecule has 176 valence electrons. The highest BCUT2D eigenvalue weighted by atomic mass is 14.9. The molecule has 0 fully saturated rings. The Morgan fingerprint density at radius 3 is 1.64 bits per heavy atom. The van der Waals surface area contributed by atoms with Crippen molar-refractivity contribution in [1.82, 2.24) is 0 Å². The van der Waals surface area contributed by atoms with Gasteiger partial charge in [-0.05, 0) is 68.6 Å². The predicted molar refractivity (Wildman–Crippen MR) is 152 cm³/mol. The van der Waals surface area contributed by atoms with Gasteiger partial charge in [-0.3, -0.25) is 0 Å². The van der Waals surface area contributed by atoms with Gasteiger partial charge in [-0.15, -0.1) is 0 Å². The maximum absolute atomic E-state index is 3.65. The monoisotopic (exact) mass is 465 g/mol. The number of nitrogens with one attached hydrogen (secondary N) is 1. The maximum atomic E-state index is 3.65. The quantitative estimate of drug-likeness (QED) is 0.274. The molecule has 36 heavy (non-hydrogen) atoms. The summed E-state index contributed by atoms with van der Waals surface area (Å²) >= 11 is 0. The van der Waals surface area contributed by atoms with Gasteiger partial charge in [0, 0.05) is 11.4 Å². The molecular weight excluding hydrogens is 434 g/mol. The van der Waals surface area contributed by atoms with Gasteiger partial charge in [-0.1, -0.05) is 124 Å². The van der Waals surface area contributed by atoms with Crippen molar-refractivity contribution >= 4 is 11.4 Å². The summed E-state index contributed by atoms with van der Waals surface area (Å²) in [5.74, 6) is 0. The molecule has 0 unspecified atom stereocenters. The van der Waals surface area contributed by atoms with E-state index >= 15 is 0 Å². The van der Waals surface area contributed by atoms with Crippen LogP contribution in [0.4, 0.5) is 11.4 Å². The van der Waals surface area contributed by atoms with Gasteiger partial charge in [0.25, 0.3) is 0 Å². The second-order valence-electron chi connectivity index (χ2n) is 10.7. The van der Waals surface area contributed by atoms with Crippen LogP contribution in [0.15, 0.2) is 127 Å². The van der Waals surface area contributed by atoms with E-state index in [1.54, 1.807) is 0 Å². The summed E-state index contributed by atoms with van der Waals surface area (Å²) in [6.45, 7) is 6.75. The summed E-state index contributed by atoms with van der Waals surface area (Å²) in [6.07, 6.45) is 0. The van der Waals surface area contributed by atoms with Gasteiger partial charge in [0.2, 0.25) is 0 Å². The van der Waals surface area contributed by atoms with Crippen molar-refractivity contribution in [2.75, 3.05) is 5.32 Å². The van der Waals surface area contributed by atoms with E-state index in [0.29, 0.717) is 0 Å². The van der Waals surface area contributed by atoms with E-state index in [1.807, 2.05) is 0 Å². The first-order valence-corrected chi connectivity index (χ1v) is 12.7. The Labute approximate surface area is 214 Å². The van der Waals surface area contributed by atoms with Crippen molar-refractivity contribution in [2.45, 2.75) is 31.6 Å². The Hall–Kier alpha value is -4.10. The zero-order valence-electron chi connectivity index (χ0n) is 21.1. The molecule has 0 aliphatic heterocycles. The Balaban J connectivity index is 1.51. The van der Waals surface area contributed by atoms with E-state index in [2.05, 4.69) is 153 Å². The zero-order chi connectivity index (χ0) is 24.8. The van der Waals surface area contributed by atoms with Crippen LogP contribution in [0.25, 0.3) is 11.1 Å². The number of rotatable bonds is 4. The van der Waals surface area contributed by atoms with Crippen LogP contribution in [0.5, 0.6) is 0 Å². The average molecular weight is 466 g/mol. The molecule has 0 bridgehead atoms. The zero-order valence-corrected chi connectivity index (χ0v) is 21.1. The van der Waals surface area contributed by atoms with Crippen molar-refractivity contribution in [3.63, 3.8) is 0 Å². The van der Waals surface area contributed by atoms with Crippen molar-refractivity contribution in [2.24, 2.45) is 0 Å². The van der Waals surface area contributed by atoms with Crippen molar-refractivity contribution in [3.8, 4) is 11.1 Å². The van der Waals surface area contributed by atoms with E-state index < -0.39 is 0 Å². The molecule has 0 aromatic heterocycles. The van der Waals surface area contributed by atoms with Gasteiger partial charge in [0.1, 0.15) is 0 Å². The van der Waals surface area contributed by atoms with E-state index in [-0.39, 0.29) is 10.8 Å². The summed E-state index contributed by atoms with van der Waals surface area (Å²) in [7, 11) is 0. The minimum absolute atomic E-state index is 0.147. The largest absolute Gasteiger partial charge is 0.356 e. The standard InChI is InChI=1S/C35H31N/c1-34(2,3)25-18-20-28(21-19-25)36-29-22-23-33-31(24-29)30-16-10-11-17-32(30)35(33,26-12-6-4-7-13-26)27-14-8-5-9-15-27/h4-24,36H,1-3H3. The van der Waals surface area contributed by atoms with Gasteiger partial charge in [-0.25, -0.2) is 0 Å². The lowest BCUT2D eigenvalue weighted by Crippen LogP contribution is -2.28. The predicted octanol–water partition coefficient (Wildman–Crippen LogP) is 9.09. The average Bonchev–Trinajstić information content (AvgIpc) is 3.20. The first-order chi connectivity index (χ1) is 17.5. The summed E-state index contributed by atoms with van der Waals surface area (Å²) < 4.78 is 0. The molecule has 0 heterocycles. The lowest BCUT2D eigenvalue weighted by molar-refractivity contribution is 0.590. The molecule has 1 heteroatoms. The minimum Gasteiger partial charge on any atom is -0.356 e. The van der Waals surface area contributed by atoms with Crippen LogP contribution in [0.3, 0.4) is 0 Å². The minimum atomic E-state index is -0.346. The first kappa shape index (κ1) is 22.4. The molecule has 0 spiro atoms. The summed E-state index contributed by atoms with van der Waals surface area (Å²) in [5, 5.41) is 3.65. The molecule has 1 nitrogen and oxygen atoms in total. The SMILES string of the molecule is CC(C)(C)c1ccc(Nc2ccc3c(c2)-c2ccccc2C3(c2ccccc2)c2ccccc2)cc1. The molecule has 6 rings (SSSR count). The van der Waals surface area contributed by atoms with Gasteiger partial charge >= 0.3 is 0 Å². The second-order valence-corrected chi connectivity index (χ2v) is 10.7. The maximum Gasteiger partial charge on any atom is 0.0713 e. The molecule has 5 aromatic rings. The fourth-order valence-electron chi connectivity index (χ4n) is 5.75. The fraction of sp³-hybridized carbons (Fsp3) is 0.143. The molecular formula is C35H31N. The summed E-state index contributed by atoms with van der Waals surface area (Å²) in [4.78, 5) is 0. The van der Waals surface area contributed by atoms with E-state index in [9.17, 15) is 0 Å². The normalized spacial score (nSPS) is 13.6. The van der Waals surface area contributed by atoms with E-state index in [4.69, 9.17) is 0 Å². The highest BCUT2D eigenvalue weighted by Gasteiger charge is 2.45. The van der Waals surface area contributed by atoms with Crippen LogP contribution in [-0.4, -0.2) is 0 Å². The number of anilines is 2. The van der Waals surface area contributed by atoms with Crippen LogP contribution in [0.1, 0.15) is 48.6 Å². The third-order valence-corrected chi connectivity index (χ3v) is 7.50. The molecule has 5 aromatic carbocycles. The third kappa shape index (κ3) is 3.55. The van der Waals surface area contributed by atoms with Gasteiger partial charge in [0.05, 0.1) is 5.41 Å². The van der Waals surface area contributed by atoms with Crippen LogP contribution >= 0.6 is 0 Å². The first-order valence-electron chi connectivity index (χ1n) is 12.7. The summed E-state index contributed by atoms with van der Waals surface area (Å²) in [6, 6.07) is 46.4. The van der Waals surface area contributed by atoms with Crippen LogP contribution in [-0.2, 0) is 10.8 Å². The molecule has 1 aliphatic carbocycles. The van der Waals surface area contributed by atoms with Crippen LogP contribution in [0, 0.1) is 0 Å². The Kier molecular flexibility index (Phi) is 5.30. The number of fused-ring (bicyclic) bond motifs is 3. The van der Waals surface area contributed by atoms with Gasteiger partial charge in [0.15, 0.2) is 0 Å². The Morgan fingerprint density at radius 2 is 1.03 bits per heavy atom. The highest BCUT2D eigenvalue weighted by molar-refractivity contribution is 5.88. The van der Waals surface area contributed by atoms with Gasteiger partial charge in [-0.2, -0.15) is 0 Å². The van der Waals surface area contributed by atoms with Crippen LogP contribution < -0.4 is 5.32 Å². The number of hydrogen-bond acceptors (Lipinski definition) is 1. The fourth-order valence-corrected chi connectivity index (χ4v) is 5.75. The van der Waals surface area contributed by atoms with Crippen molar-refractivity contribution < 1.29 is 0 Å². The molecule has 1 aliphatic rings. The lowest BCUT2D eigenvalue weighted by Gasteiger charge is -2.33. The second kappa shape index (κ2) is 8.53. The third-order valence-electron chi connectivity index (χ3n) is 7.50. The molecule has 0 amide bonds. The van der Waals surface area contributed by atoms with Crippen molar-refractivity contribution in [1.29, 1.82) is 0 Å². The molecule has 1 N–H and O–H groups in total. The van der Waals surface area contributed by atoms with Crippen LogP contribution in [0.2, 0.25) is 0 Å². The smallest absolute Gasteiger partial charge is 0.0713 e. The van der Waals surface area contributed by atoms with Crippen molar-refractivity contribution in [3.05, 3.63) is 155 Å². The topological polar surface area (TPSA) is 12.0 Å². The Morgan fingerprint density at radius 1 is 0.500 bits per heavy atom. The number of benzene rings is 5. The Bertz CT molecular complexity index is 1470. The molecule has 0 atom stereocenters. The summed E-state index contributed by atoms with van der Waals surface area (Å²) in [5.41, 5.74) is 11.2. The number of hydrogen-bond donors (Lipinski definition) is 1. The van der Waals surface area contributed by atoms with E-state index in [0.717, 1.165) is 11.4 Å². The molecule has 0 saturated heterocycles. The molecule has 0 saturated carbocycles. The highest BCUT2D eigenvalue weighted by Crippen LogP contribution is 2.56. The lowest BCUT2D eigenvalue weighted by atomic mass is 9.68. The molecule has 0 radical (unpaired) electrons. The van der Waals surface area contributed by atoms with E-state index in [1.165, 1.54) is 38.9 Å². The van der Waals surface area contributed by atoms with Gasteiger partial charge < -0.3 is 5.32 Å².